The first-order chi connectivity index (χ1) is 7.92. The Labute approximate surface area is 95.6 Å². The van der Waals surface area contributed by atoms with Crippen LogP contribution in [0.1, 0.15) is 16.8 Å². The zero-order valence-corrected chi connectivity index (χ0v) is 9.41. The zero-order chi connectivity index (χ0) is 10.8. The molecule has 86 valence electrons. The van der Waals surface area contributed by atoms with Crippen molar-refractivity contribution in [3.8, 4) is 0 Å². The fourth-order valence-electron chi connectivity index (χ4n) is 2.31. The Kier molecular flexibility index (Phi) is 2.86. The summed E-state index contributed by atoms with van der Waals surface area (Å²) in [5.41, 5.74) is 3.70. The third kappa shape index (κ3) is 2.09. The molecule has 0 amide bonds. The minimum atomic E-state index is 0.684. The number of hydrogen-bond acceptors (Lipinski definition) is 4. The fraction of sp³-hybridized carbons (Fsp3) is 0.583. The number of piperazine rings is 1. The standard InChI is InChI=1S/C12H17N3O/c1-3-15(4-2-13-1)7-10-5-11-8-16-9-12(11)14-6-10/h5-6,13H,1-4,7-9H2. The normalized spacial score (nSPS) is 21.0. The first-order valence-electron chi connectivity index (χ1n) is 5.89. The number of nitrogens with zero attached hydrogens (tertiary/aromatic N) is 2. The third-order valence-electron chi connectivity index (χ3n) is 3.23. The summed E-state index contributed by atoms with van der Waals surface area (Å²) in [6.45, 7) is 6.90. The molecule has 2 aliphatic rings. The van der Waals surface area contributed by atoms with Gasteiger partial charge in [0, 0.05) is 44.5 Å². The molecule has 4 heteroatoms. The molecule has 2 aliphatic heterocycles. The van der Waals surface area contributed by atoms with E-state index in [9.17, 15) is 0 Å². The summed E-state index contributed by atoms with van der Waals surface area (Å²) in [5, 5.41) is 3.36. The quantitative estimate of drug-likeness (QED) is 0.787. The average molecular weight is 219 g/mol. The van der Waals surface area contributed by atoms with E-state index < -0.39 is 0 Å². The molecule has 1 N–H and O–H groups in total. The van der Waals surface area contributed by atoms with Crippen LogP contribution in [0.5, 0.6) is 0 Å². The second-order valence-corrected chi connectivity index (χ2v) is 4.47. The van der Waals surface area contributed by atoms with Crippen molar-refractivity contribution in [2.24, 2.45) is 0 Å². The van der Waals surface area contributed by atoms with Gasteiger partial charge in [0.15, 0.2) is 0 Å². The van der Waals surface area contributed by atoms with E-state index in [1.54, 1.807) is 0 Å². The largest absolute Gasteiger partial charge is 0.370 e. The van der Waals surface area contributed by atoms with Crippen LogP contribution in [0.4, 0.5) is 0 Å². The van der Waals surface area contributed by atoms with E-state index in [1.807, 2.05) is 6.20 Å². The molecule has 0 radical (unpaired) electrons. The Morgan fingerprint density at radius 1 is 1.31 bits per heavy atom. The number of nitrogens with one attached hydrogen (secondary N) is 1. The van der Waals surface area contributed by atoms with Crippen LogP contribution in [0.3, 0.4) is 0 Å². The van der Waals surface area contributed by atoms with Gasteiger partial charge in [-0.2, -0.15) is 0 Å². The Morgan fingerprint density at radius 2 is 2.19 bits per heavy atom. The molecule has 1 aromatic heterocycles. The summed E-state index contributed by atoms with van der Waals surface area (Å²) in [5.74, 6) is 0. The predicted octanol–water partition coefficient (Wildman–Crippen LogP) is 0.517. The van der Waals surface area contributed by atoms with Gasteiger partial charge in [-0.05, 0) is 11.6 Å². The van der Waals surface area contributed by atoms with E-state index >= 15 is 0 Å². The topological polar surface area (TPSA) is 37.4 Å². The van der Waals surface area contributed by atoms with Gasteiger partial charge in [0.25, 0.3) is 0 Å². The Bertz CT molecular complexity index is 375. The summed E-state index contributed by atoms with van der Waals surface area (Å²) in [6, 6.07) is 2.25. The van der Waals surface area contributed by atoms with Crippen LogP contribution in [0.15, 0.2) is 12.3 Å². The molecule has 3 rings (SSSR count). The van der Waals surface area contributed by atoms with Gasteiger partial charge in [0.05, 0.1) is 18.9 Å². The number of hydrogen-bond donors (Lipinski definition) is 1. The van der Waals surface area contributed by atoms with Crippen LogP contribution in [0.2, 0.25) is 0 Å². The lowest BCUT2D eigenvalue weighted by molar-refractivity contribution is 0.133. The van der Waals surface area contributed by atoms with Crippen molar-refractivity contribution >= 4 is 0 Å². The maximum atomic E-state index is 5.37. The third-order valence-corrected chi connectivity index (χ3v) is 3.23. The summed E-state index contributed by atoms with van der Waals surface area (Å²) >= 11 is 0. The van der Waals surface area contributed by atoms with Crippen molar-refractivity contribution in [3.63, 3.8) is 0 Å². The molecule has 1 fully saturated rings. The Hall–Kier alpha value is -0.970. The van der Waals surface area contributed by atoms with Gasteiger partial charge in [0.1, 0.15) is 0 Å². The highest BCUT2D eigenvalue weighted by Gasteiger charge is 2.15. The molecule has 0 saturated carbocycles. The average Bonchev–Trinajstić information content (AvgIpc) is 2.77. The summed E-state index contributed by atoms with van der Waals surface area (Å²) in [4.78, 5) is 6.93. The lowest BCUT2D eigenvalue weighted by atomic mass is 10.1. The predicted molar refractivity (Wildman–Crippen MR) is 60.9 cm³/mol. The highest BCUT2D eigenvalue weighted by molar-refractivity contribution is 5.26. The summed E-state index contributed by atoms with van der Waals surface area (Å²) < 4.78 is 5.37. The maximum absolute atomic E-state index is 5.37. The van der Waals surface area contributed by atoms with Crippen molar-refractivity contribution in [2.75, 3.05) is 26.2 Å². The van der Waals surface area contributed by atoms with Gasteiger partial charge in [-0.1, -0.05) is 0 Å². The van der Waals surface area contributed by atoms with Crippen LogP contribution >= 0.6 is 0 Å². The van der Waals surface area contributed by atoms with Gasteiger partial charge in [-0.15, -0.1) is 0 Å². The fourth-order valence-corrected chi connectivity index (χ4v) is 2.31. The monoisotopic (exact) mass is 219 g/mol. The van der Waals surface area contributed by atoms with E-state index in [1.165, 1.54) is 11.1 Å². The van der Waals surface area contributed by atoms with Gasteiger partial charge in [-0.3, -0.25) is 9.88 Å². The molecule has 0 unspecified atom stereocenters. The van der Waals surface area contributed by atoms with E-state index in [2.05, 4.69) is 21.3 Å². The molecule has 0 aliphatic carbocycles. The molecule has 3 heterocycles. The second kappa shape index (κ2) is 4.49. The van der Waals surface area contributed by atoms with Gasteiger partial charge in [0.2, 0.25) is 0 Å². The van der Waals surface area contributed by atoms with Crippen molar-refractivity contribution in [1.29, 1.82) is 0 Å². The van der Waals surface area contributed by atoms with Crippen LogP contribution in [-0.2, 0) is 24.5 Å². The second-order valence-electron chi connectivity index (χ2n) is 4.47. The van der Waals surface area contributed by atoms with Gasteiger partial charge >= 0.3 is 0 Å². The van der Waals surface area contributed by atoms with Gasteiger partial charge < -0.3 is 10.1 Å². The molecular formula is C12H17N3O. The zero-order valence-electron chi connectivity index (χ0n) is 9.41. The molecule has 1 aromatic rings. The minimum Gasteiger partial charge on any atom is -0.370 e. The van der Waals surface area contributed by atoms with Crippen molar-refractivity contribution in [2.45, 2.75) is 19.8 Å². The van der Waals surface area contributed by atoms with Crippen LogP contribution < -0.4 is 5.32 Å². The highest BCUT2D eigenvalue weighted by atomic mass is 16.5. The molecule has 16 heavy (non-hydrogen) atoms. The Balaban J connectivity index is 1.69. The molecule has 0 atom stereocenters. The van der Waals surface area contributed by atoms with Crippen molar-refractivity contribution in [1.82, 2.24) is 15.2 Å². The van der Waals surface area contributed by atoms with Gasteiger partial charge in [-0.25, -0.2) is 0 Å². The van der Waals surface area contributed by atoms with Crippen molar-refractivity contribution < 1.29 is 4.74 Å². The summed E-state index contributed by atoms with van der Waals surface area (Å²) in [7, 11) is 0. The van der Waals surface area contributed by atoms with E-state index in [4.69, 9.17) is 4.74 Å². The maximum Gasteiger partial charge on any atom is 0.0896 e. The van der Waals surface area contributed by atoms with E-state index in [-0.39, 0.29) is 0 Å². The van der Waals surface area contributed by atoms with Crippen LogP contribution in [0.25, 0.3) is 0 Å². The van der Waals surface area contributed by atoms with E-state index in [0.717, 1.165) is 45.0 Å². The lowest BCUT2D eigenvalue weighted by Crippen LogP contribution is -2.42. The number of pyridine rings is 1. The van der Waals surface area contributed by atoms with Crippen LogP contribution in [-0.4, -0.2) is 36.1 Å². The molecule has 1 saturated heterocycles. The Morgan fingerprint density at radius 3 is 3.06 bits per heavy atom. The highest BCUT2D eigenvalue weighted by Crippen LogP contribution is 2.19. The first-order valence-corrected chi connectivity index (χ1v) is 5.89. The number of ether oxygens (including phenoxy) is 1. The molecule has 4 nitrogen and oxygen atoms in total. The molecule has 0 bridgehead atoms. The number of fused-ring (bicyclic) bond motifs is 1. The lowest BCUT2D eigenvalue weighted by Gasteiger charge is -2.27. The minimum absolute atomic E-state index is 0.684. The van der Waals surface area contributed by atoms with Crippen molar-refractivity contribution in [3.05, 3.63) is 29.1 Å². The molecule has 0 spiro atoms. The number of rotatable bonds is 2. The SMILES string of the molecule is c1nc2c(cc1CN1CCNCC1)COC2. The number of aromatic nitrogens is 1. The smallest absolute Gasteiger partial charge is 0.0896 e. The summed E-state index contributed by atoms with van der Waals surface area (Å²) in [6.07, 6.45) is 2.00. The first kappa shape index (κ1) is 10.2. The van der Waals surface area contributed by atoms with Crippen LogP contribution in [0, 0.1) is 0 Å². The molecule has 0 aromatic carbocycles. The molecular weight excluding hydrogens is 202 g/mol. The van der Waals surface area contributed by atoms with E-state index in [0.29, 0.717) is 6.61 Å².